The molecule has 18 heavy (non-hydrogen) atoms. The Morgan fingerprint density at radius 1 is 1.33 bits per heavy atom. The number of aryl methyl sites for hydroxylation is 1. The van der Waals surface area contributed by atoms with Crippen molar-refractivity contribution in [1.82, 2.24) is 4.90 Å². The van der Waals surface area contributed by atoms with E-state index < -0.39 is 0 Å². The maximum atomic E-state index is 10.4. The smallest absolute Gasteiger partial charge is 0.125 e. The van der Waals surface area contributed by atoms with Gasteiger partial charge in [-0.1, -0.05) is 11.6 Å². The highest BCUT2D eigenvalue weighted by molar-refractivity contribution is 5.41. The number of benzene rings is 1. The second kappa shape index (κ2) is 4.25. The van der Waals surface area contributed by atoms with Crippen LogP contribution in [0, 0.1) is 6.92 Å². The lowest BCUT2D eigenvalue weighted by molar-refractivity contribution is -0.0503. The number of ether oxygens (including phenoxy) is 1. The average molecular weight is 247 g/mol. The van der Waals surface area contributed by atoms with Gasteiger partial charge < -0.3 is 14.7 Å². The minimum Gasteiger partial charge on any atom is -0.487 e. The van der Waals surface area contributed by atoms with Crippen LogP contribution in [-0.4, -0.2) is 35.7 Å². The van der Waals surface area contributed by atoms with E-state index >= 15 is 0 Å². The molecule has 0 amide bonds. The molecular formula is C15H21NO2. The molecule has 1 fully saturated rings. The van der Waals surface area contributed by atoms with Crippen molar-refractivity contribution in [1.29, 1.82) is 0 Å². The van der Waals surface area contributed by atoms with Crippen LogP contribution in [0.1, 0.15) is 36.5 Å². The van der Waals surface area contributed by atoms with Gasteiger partial charge in [-0.15, -0.1) is 0 Å². The first-order valence-corrected chi connectivity index (χ1v) is 6.74. The fourth-order valence-electron chi connectivity index (χ4n) is 3.09. The average Bonchev–Trinajstić information content (AvgIpc) is 2.35. The lowest BCUT2D eigenvalue weighted by atomic mass is 9.81. The summed E-state index contributed by atoms with van der Waals surface area (Å²) in [6.07, 6.45) is 2.37. The second-order valence-electron chi connectivity index (χ2n) is 5.85. The quantitative estimate of drug-likeness (QED) is 0.763. The van der Waals surface area contributed by atoms with Crippen molar-refractivity contribution in [3.63, 3.8) is 0 Å². The standard InChI is InChI=1S/C15H21NO2/c1-11-3-4-14-12(9-11)13(17)10-15(18-14)5-7-16(2)8-6-15/h3-4,9,13,17H,5-8,10H2,1-2H3/t13-/m0/s1. The van der Waals surface area contributed by atoms with Gasteiger partial charge in [-0.2, -0.15) is 0 Å². The van der Waals surface area contributed by atoms with Gasteiger partial charge in [0.1, 0.15) is 11.4 Å². The summed E-state index contributed by atoms with van der Waals surface area (Å²) in [4.78, 5) is 2.33. The van der Waals surface area contributed by atoms with Crippen molar-refractivity contribution in [2.24, 2.45) is 0 Å². The van der Waals surface area contributed by atoms with Crippen molar-refractivity contribution < 1.29 is 9.84 Å². The highest BCUT2D eigenvalue weighted by atomic mass is 16.5. The summed E-state index contributed by atoms with van der Waals surface area (Å²) in [5.41, 5.74) is 1.99. The summed E-state index contributed by atoms with van der Waals surface area (Å²) in [7, 11) is 2.14. The summed E-state index contributed by atoms with van der Waals surface area (Å²) in [5, 5.41) is 10.4. The summed E-state index contributed by atoms with van der Waals surface area (Å²) in [5.74, 6) is 0.879. The molecule has 1 aromatic rings. The molecule has 2 aliphatic heterocycles. The van der Waals surface area contributed by atoms with Crippen molar-refractivity contribution in [3.05, 3.63) is 29.3 Å². The molecule has 1 N–H and O–H groups in total. The van der Waals surface area contributed by atoms with Crippen LogP contribution in [0.25, 0.3) is 0 Å². The predicted octanol–water partition coefficient (Wildman–Crippen LogP) is 2.28. The third kappa shape index (κ3) is 2.02. The van der Waals surface area contributed by atoms with E-state index in [0.717, 1.165) is 43.7 Å². The molecule has 1 saturated heterocycles. The molecule has 0 aromatic heterocycles. The number of rotatable bonds is 0. The molecular weight excluding hydrogens is 226 g/mol. The molecule has 1 atom stereocenters. The Kier molecular flexibility index (Phi) is 2.83. The molecule has 0 radical (unpaired) electrons. The first kappa shape index (κ1) is 12.0. The minimum atomic E-state index is -0.378. The Morgan fingerprint density at radius 3 is 2.78 bits per heavy atom. The van der Waals surface area contributed by atoms with Gasteiger partial charge in [0, 0.05) is 25.1 Å². The SMILES string of the molecule is Cc1ccc2c(c1)[C@@H](O)CC1(CCN(C)CC1)O2. The lowest BCUT2D eigenvalue weighted by Gasteiger charge is -2.45. The third-order valence-corrected chi connectivity index (χ3v) is 4.31. The zero-order valence-corrected chi connectivity index (χ0v) is 11.1. The summed E-state index contributed by atoms with van der Waals surface area (Å²) in [6, 6.07) is 6.11. The molecule has 0 aliphatic carbocycles. The number of likely N-dealkylation sites (tertiary alicyclic amines) is 1. The van der Waals surface area contributed by atoms with Crippen molar-refractivity contribution in [3.8, 4) is 5.75 Å². The van der Waals surface area contributed by atoms with Crippen LogP contribution < -0.4 is 4.74 Å². The van der Waals surface area contributed by atoms with Gasteiger partial charge in [0.05, 0.1) is 6.10 Å². The summed E-state index contributed by atoms with van der Waals surface area (Å²) < 4.78 is 6.25. The van der Waals surface area contributed by atoms with E-state index in [-0.39, 0.29) is 11.7 Å². The van der Waals surface area contributed by atoms with Crippen LogP contribution in [0.2, 0.25) is 0 Å². The van der Waals surface area contributed by atoms with E-state index in [1.807, 2.05) is 19.1 Å². The van der Waals surface area contributed by atoms with Crippen LogP contribution in [0.3, 0.4) is 0 Å². The van der Waals surface area contributed by atoms with E-state index in [1.165, 1.54) is 5.56 Å². The largest absolute Gasteiger partial charge is 0.487 e. The van der Waals surface area contributed by atoms with Gasteiger partial charge in [-0.3, -0.25) is 0 Å². The van der Waals surface area contributed by atoms with Gasteiger partial charge in [0.25, 0.3) is 0 Å². The molecule has 2 aliphatic rings. The molecule has 1 spiro atoms. The van der Waals surface area contributed by atoms with Crippen LogP contribution in [-0.2, 0) is 0 Å². The van der Waals surface area contributed by atoms with Crippen LogP contribution in [0.4, 0.5) is 0 Å². The maximum Gasteiger partial charge on any atom is 0.125 e. The Hall–Kier alpha value is -1.06. The van der Waals surface area contributed by atoms with Gasteiger partial charge in [0.2, 0.25) is 0 Å². The molecule has 0 unspecified atom stereocenters. The third-order valence-electron chi connectivity index (χ3n) is 4.31. The minimum absolute atomic E-state index is 0.145. The summed E-state index contributed by atoms with van der Waals surface area (Å²) in [6.45, 7) is 4.15. The molecule has 3 nitrogen and oxygen atoms in total. The number of aliphatic hydroxyl groups excluding tert-OH is 1. The fourth-order valence-corrected chi connectivity index (χ4v) is 3.09. The number of hydrogen-bond donors (Lipinski definition) is 1. The van der Waals surface area contributed by atoms with E-state index in [0.29, 0.717) is 0 Å². The van der Waals surface area contributed by atoms with Crippen molar-refractivity contribution in [2.75, 3.05) is 20.1 Å². The Morgan fingerprint density at radius 2 is 2.06 bits per heavy atom. The van der Waals surface area contributed by atoms with E-state index in [9.17, 15) is 5.11 Å². The maximum absolute atomic E-state index is 10.4. The monoisotopic (exact) mass is 247 g/mol. The Bertz CT molecular complexity index is 450. The molecule has 98 valence electrons. The van der Waals surface area contributed by atoms with E-state index in [2.05, 4.69) is 18.0 Å². The molecule has 0 saturated carbocycles. The Balaban J connectivity index is 1.89. The lowest BCUT2D eigenvalue weighted by Crippen LogP contribution is -2.49. The molecule has 2 heterocycles. The fraction of sp³-hybridized carbons (Fsp3) is 0.600. The molecule has 0 bridgehead atoms. The highest BCUT2D eigenvalue weighted by Gasteiger charge is 2.42. The zero-order chi connectivity index (χ0) is 12.8. The highest BCUT2D eigenvalue weighted by Crippen LogP contribution is 2.44. The number of fused-ring (bicyclic) bond motifs is 1. The summed E-state index contributed by atoms with van der Waals surface area (Å²) >= 11 is 0. The molecule has 3 heteroatoms. The van der Waals surface area contributed by atoms with Crippen LogP contribution in [0.5, 0.6) is 5.75 Å². The molecule has 1 aromatic carbocycles. The number of piperidine rings is 1. The van der Waals surface area contributed by atoms with E-state index in [1.54, 1.807) is 0 Å². The normalized spacial score (nSPS) is 26.7. The van der Waals surface area contributed by atoms with Gasteiger partial charge >= 0.3 is 0 Å². The Labute approximate surface area is 108 Å². The van der Waals surface area contributed by atoms with Crippen molar-refractivity contribution >= 4 is 0 Å². The van der Waals surface area contributed by atoms with Crippen LogP contribution >= 0.6 is 0 Å². The molecule has 3 rings (SSSR count). The number of nitrogens with zero attached hydrogens (tertiary/aromatic N) is 1. The first-order chi connectivity index (χ1) is 8.58. The first-order valence-electron chi connectivity index (χ1n) is 6.74. The predicted molar refractivity (Wildman–Crippen MR) is 70.8 cm³/mol. The zero-order valence-electron chi connectivity index (χ0n) is 11.1. The van der Waals surface area contributed by atoms with Gasteiger partial charge in [-0.05, 0) is 38.9 Å². The van der Waals surface area contributed by atoms with Crippen LogP contribution in [0.15, 0.2) is 18.2 Å². The second-order valence-corrected chi connectivity index (χ2v) is 5.85. The van der Waals surface area contributed by atoms with Crippen molar-refractivity contribution in [2.45, 2.75) is 37.9 Å². The number of aliphatic hydroxyl groups is 1. The van der Waals surface area contributed by atoms with E-state index in [4.69, 9.17) is 4.74 Å². The van der Waals surface area contributed by atoms with Gasteiger partial charge in [0.15, 0.2) is 0 Å². The number of hydrogen-bond acceptors (Lipinski definition) is 3. The topological polar surface area (TPSA) is 32.7 Å². The van der Waals surface area contributed by atoms with Gasteiger partial charge in [-0.25, -0.2) is 0 Å².